The van der Waals surface area contributed by atoms with E-state index >= 15 is 0 Å². The molecule has 0 radical (unpaired) electrons. The second kappa shape index (κ2) is 8.64. The second-order valence-electron chi connectivity index (χ2n) is 6.88. The van der Waals surface area contributed by atoms with Crippen LogP contribution >= 0.6 is 0 Å². The standard InChI is InChI=1S/C21H21N5O4/c27-19-8-2-10-25(19)16-6-1-5-15(13-16)24-21(29)20(28)22-14-17(18-7-3-12-30-18)26-11-4-9-23-26/h1,3-7,9,11-13,17H,2,8,10,14H2,(H,22,28)(H,24,29)/t17-/m0/s1. The third-order valence-corrected chi connectivity index (χ3v) is 4.87. The molecule has 2 aromatic heterocycles. The van der Waals surface area contributed by atoms with Crippen molar-refractivity contribution in [2.45, 2.75) is 18.9 Å². The van der Waals surface area contributed by atoms with Crippen LogP contribution in [0, 0.1) is 0 Å². The number of carbonyl (C=O) groups is 3. The predicted octanol–water partition coefficient (Wildman–Crippen LogP) is 1.95. The van der Waals surface area contributed by atoms with Crippen LogP contribution in [0.4, 0.5) is 11.4 Å². The molecule has 0 bridgehead atoms. The molecule has 1 aliphatic rings. The Kier molecular flexibility index (Phi) is 5.60. The van der Waals surface area contributed by atoms with Crippen molar-refractivity contribution in [3.63, 3.8) is 0 Å². The van der Waals surface area contributed by atoms with Gasteiger partial charge < -0.3 is 20.0 Å². The molecule has 3 aromatic rings. The molecular formula is C21H21N5O4. The molecule has 1 atom stereocenters. The Morgan fingerprint density at radius 3 is 2.77 bits per heavy atom. The molecule has 3 amide bonds. The summed E-state index contributed by atoms with van der Waals surface area (Å²) in [5, 5.41) is 9.39. The lowest BCUT2D eigenvalue weighted by Gasteiger charge is -2.17. The molecule has 1 aromatic carbocycles. The topological polar surface area (TPSA) is 109 Å². The monoisotopic (exact) mass is 407 g/mol. The quantitative estimate of drug-likeness (QED) is 0.607. The molecule has 3 heterocycles. The lowest BCUT2D eigenvalue weighted by molar-refractivity contribution is -0.136. The minimum Gasteiger partial charge on any atom is -0.467 e. The molecule has 9 nitrogen and oxygen atoms in total. The van der Waals surface area contributed by atoms with Crippen LogP contribution in [0.15, 0.2) is 65.5 Å². The van der Waals surface area contributed by atoms with Crippen molar-refractivity contribution >= 4 is 29.1 Å². The molecular weight excluding hydrogens is 386 g/mol. The van der Waals surface area contributed by atoms with E-state index < -0.39 is 11.8 Å². The van der Waals surface area contributed by atoms with Gasteiger partial charge in [-0.05, 0) is 42.8 Å². The van der Waals surface area contributed by atoms with Crippen LogP contribution in [0.5, 0.6) is 0 Å². The Bertz CT molecular complexity index is 995. The number of furan rings is 1. The average Bonchev–Trinajstić information content (AvgIpc) is 3.51. The van der Waals surface area contributed by atoms with Crippen molar-refractivity contribution in [2.75, 3.05) is 23.3 Å². The van der Waals surface area contributed by atoms with Gasteiger partial charge in [-0.3, -0.25) is 19.1 Å². The summed E-state index contributed by atoms with van der Waals surface area (Å²) in [5.41, 5.74) is 1.15. The summed E-state index contributed by atoms with van der Waals surface area (Å²) in [6.45, 7) is 0.780. The van der Waals surface area contributed by atoms with Gasteiger partial charge in [-0.15, -0.1) is 0 Å². The smallest absolute Gasteiger partial charge is 0.313 e. The van der Waals surface area contributed by atoms with Crippen LogP contribution < -0.4 is 15.5 Å². The third-order valence-electron chi connectivity index (χ3n) is 4.87. The van der Waals surface area contributed by atoms with Crippen LogP contribution in [0.25, 0.3) is 0 Å². The first-order valence-corrected chi connectivity index (χ1v) is 9.64. The first-order chi connectivity index (χ1) is 14.6. The molecule has 0 aliphatic carbocycles. The highest BCUT2D eigenvalue weighted by molar-refractivity contribution is 6.39. The Morgan fingerprint density at radius 2 is 2.07 bits per heavy atom. The molecule has 1 fully saturated rings. The Balaban J connectivity index is 1.38. The molecule has 30 heavy (non-hydrogen) atoms. The molecule has 1 saturated heterocycles. The lowest BCUT2D eigenvalue weighted by atomic mass is 10.2. The number of rotatable bonds is 6. The van der Waals surface area contributed by atoms with E-state index in [-0.39, 0.29) is 18.5 Å². The van der Waals surface area contributed by atoms with Crippen LogP contribution in [0.1, 0.15) is 24.6 Å². The van der Waals surface area contributed by atoms with E-state index in [9.17, 15) is 14.4 Å². The van der Waals surface area contributed by atoms with Gasteiger partial charge in [0.25, 0.3) is 0 Å². The highest BCUT2D eigenvalue weighted by Crippen LogP contribution is 2.24. The van der Waals surface area contributed by atoms with E-state index in [1.54, 1.807) is 70.7 Å². The number of hydrogen-bond acceptors (Lipinski definition) is 5. The number of amides is 3. The number of carbonyl (C=O) groups excluding carboxylic acids is 3. The highest BCUT2D eigenvalue weighted by Gasteiger charge is 2.23. The molecule has 0 unspecified atom stereocenters. The predicted molar refractivity (Wildman–Crippen MR) is 109 cm³/mol. The summed E-state index contributed by atoms with van der Waals surface area (Å²) in [6.07, 6.45) is 6.25. The van der Waals surface area contributed by atoms with Crippen LogP contribution in [-0.4, -0.2) is 40.6 Å². The fourth-order valence-electron chi connectivity index (χ4n) is 3.40. The van der Waals surface area contributed by atoms with E-state index in [4.69, 9.17) is 4.42 Å². The van der Waals surface area contributed by atoms with E-state index in [2.05, 4.69) is 15.7 Å². The van der Waals surface area contributed by atoms with E-state index in [1.165, 1.54) is 0 Å². The maximum atomic E-state index is 12.3. The van der Waals surface area contributed by atoms with Crippen molar-refractivity contribution in [1.82, 2.24) is 15.1 Å². The summed E-state index contributed by atoms with van der Waals surface area (Å²) >= 11 is 0. The summed E-state index contributed by atoms with van der Waals surface area (Å²) in [4.78, 5) is 38.3. The summed E-state index contributed by atoms with van der Waals surface area (Å²) in [5.74, 6) is -0.902. The van der Waals surface area contributed by atoms with Gasteiger partial charge in [0.05, 0.1) is 6.26 Å². The maximum absolute atomic E-state index is 12.3. The van der Waals surface area contributed by atoms with Gasteiger partial charge in [-0.25, -0.2) is 0 Å². The lowest BCUT2D eigenvalue weighted by Crippen LogP contribution is -2.39. The summed E-state index contributed by atoms with van der Waals surface area (Å²) in [6, 6.07) is 11.8. The van der Waals surface area contributed by atoms with Crippen LogP contribution in [0.2, 0.25) is 0 Å². The van der Waals surface area contributed by atoms with Crippen molar-refractivity contribution in [2.24, 2.45) is 0 Å². The zero-order valence-corrected chi connectivity index (χ0v) is 16.2. The van der Waals surface area contributed by atoms with Gasteiger partial charge in [0.1, 0.15) is 11.8 Å². The van der Waals surface area contributed by atoms with Crippen molar-refractivity contribution < 1.29 is 18.8 Å². The number of nitrogens with zero attached hydrogens (tertiary/aromatic N) is 3. The van der Waals surface area contributed by atoms with Crippen LogP contribution in [-0.2, 0) is 14.4 Å². The Morgan fingerprint density at radius 1 is 1.17 bits per heavy atom. The Hall–Kier alpha value is -3.88. The minimum atomic E-state index is -0.793. The number of hydrogen-bond donors (Lipinski definition) is 2. The third kappa shape index (κ3) is 4.24. The normalized spacial score (nSPS) is 14.5. The molecule has 9 heteroatoms. The zero-order chi connectivity index (χ0) is 20.9. The summed E-state index contributed by atoms with van der Waals surface area (Å²) < 4.78 is 7.08. The number of benzene rings is 1. The fourth-order valence-corrected chi connectivity index (χ4v) is 3.40. The van der Waals surface area contributed by atoms with Crippen molar-refractivity contribution in [3.05, 3.63) is 66.9 Å². The first kappa shape index (κ1) is 19.4. The number of anilines is 2. The first-order valence-electron chi connectivity index (χ1n) is 9.64. The average molecular weight is 407 g/mol. The van der Waals surface area contributed by atoms with Gasteiger partial charge in [-0.2, -0.15) is 5.10 Å². The zero-order valence-electron chi connectivity index (χ0n) is 16.2. The largest absolute Gasteiger partial charge is 0.467 e. The fraction of sp³-hybridized carbons (Fsp3) is 0.238. The second-order valence-corrected chi connectivity index (χ2v) is 6.88. The molecule has 1 aliphatic heterocycles. The molecule has 4 rings (SSSR count). The van der Waals surface area contributed by atoms with E-state index in [0.717, 1.165) is 6.42 Å². The van der Waals surface area contributed by atoms with E-state index in [0.29, 0.717) is 30.1 Å². The van der Waals surface area contributed by atoms with Crippen molar-refractivity contribution in [1.29, 1.82) is 0 Å². The van der Waals surface area contributed by atoms with Gasteiger partial charge in [0, 0.05) is 43.3 Å². The number of aromatic nitrogens is 2. The van der Waals surface area contributed by atoms with E-state index in [1.807, 2.05) is 0 Å². The van der Waals surface area contributed by atoms with Gasteiger partial charge in [0.15, 0.2) is 0 Å². The molecule has 154 valence electrons. The van der Waals surface area contributed by atoms with Gasteiger partial charge in [-0.1, -0.05) is 6.07 Å². The summed E-state index contributed by atoms with van der Waals surface area (Å²) in [7, 11) is 0. The van der Waals surface area contributed by atoms with Gasteiger partial charge >= 0.3 is 11.8 Å². The minimum absolute atomic E-state index is 0.0545. The van der Waals surface area contributed by atoms with Crippen LogP contribution in [0.3, 0.4) is 0 Å². The van der Waals surface area contributed by atoms with Gasteiger partial charge in [0.2, 0.25) is 5.91 Å². The maximum Gasteiger partial charge on any atom is 0.313 e. The molecule has 0 saturated carbocycles. The molecule has 0 spiro atoms. The molecule has 2 N–H and O–H groups in total. The number of nitrogens with one attached hydrogen (secondary N) is 2. The Labute approximate surface area is 172 Å². The van der Waals surface area contributed by atoms with Crippen molar-refractivity contribution in [3.8, 4) is 0 Å². The highest BCUT2D eigenvalue weighted by atomic mass is 16.3. The SMILES string of the molecule is O=C(NC[C@@H](c1ccco1)n1cccn1)C(=O)Nc1cccc(N2CCCC2=O)c1.